The van der Waals surface area contributed by atoms with Gasteiger partial charge in [-0.1, -0.05) is 20.8 Å². The number of hydrogen-bond donors (Lipinski definition) is 2. The summed E-state index contributed by atoms with van der Waals surface area (Å²) in [5.41, 5.74) is 4.91. The van der Waals surface area contributed by atoms with Crippen LogP contribution in [0.15, 0.2) is 0 Å². The van der Waals surface area contributed by atoms with Crippen LogP contribution in [0.25, 0.3) is 0 Å². The highest BCUT2D eigenvalue weighted by atomic mass is 32.2. The van der Waals surface area contributed by atoms with Crippen molar-refractivity contribution in [3.05, 3.63) is 0 Å². The number of nitrogens with two attached hydrogens (primary N) is 1. The summed E-state index contributed by atoms with van der Waals surface area (Å²) < 4.78 is 0. The largest absolute Gasteiger partial charge is 0.368 e. The van der Waals surface area contributed by atoms with E-state index in [0.29, 0.717) is 11.2 Å². The molecule has 0 spiro atoms. The van der Waals surface area contributed by atoms with Crippen molar-refractivity contribution >= 4 is 17.7 Å². The average Bonchev–Trinajstić information content (AvgIpc) is 2.12. The Kier molecular flexibility index (Phi) is 7.17. The maximum Gasteiger partial charge on any atom is 0.237 e. The van der Waals surface area contributed by atoms with E-state index >= 15 is 0 Å². The van der Waals surface area contributed by atoms with Gasteiger partial charge < -0.3 is 11.1 Å². The minimum atomic E-state index is -0.600. The van der Waals surface area contributed by atoms with Crippen LogP contribution in [0.1, 0.15) is 48.0 Å². The van der Waals surface area contributed by atoms with Crippen molar-refractivity contribution < 1.29 is 4.79 Å². The Labute approximate surface area is 110 Å². The second-order valence-corrected chi connectivity index (χ2v) is 7.21. The van der Waals surface area contributed by atoms with Crippen molar-refractivity contribution in [2.24, 2.45) is 11.7 Å². The second-order valence-electron chi connectivity index (χ2n) is 5.74. The first-order valence-electron chi connectivity index (χ1n) is 6.36. The van der Waals surface area contributed by atoms with Gasteiger partial charge in [-0.05, 0) is 38.9 Å². The molecule has 17 heavy (non-hydrogen) atoms. The summed E-state index contributed by atoms with van der Waals surface area (Å²) in [7, 11) is 0. The molecule has 0 aliphatic carbocycles. The Balaban J connectivity index is 4.38. The summed E-state index contributed by atoms with van der Waals surface area (Å²) >= 11 is 1.91. The predicted octanol–water partition coefficient (Wildman–Crippen LogP) is 2.40. The molecule has 4 heteroatoms. The second kappa shape index (κ2) is 7.27. The van der Waals surface area contributed by atoms with E-state index in [0.717, 1.165) is 12.2 Å². The third-order valence-corrected chi connectivity index (χ3v) is 4.16. The molecule has 0 heterocycles. The highest BCUT2D eigenvalue weighted by Gasteiger charge is 2.33. The Hall–Kier alpha value is -0.220. The van der Waals surface area contributed by atoms with Gasteiger partial charge in [-0.25, -0.2) is 0 Å². The SMILES string of the molecule is CC(C)CSC(C)CC(C)(NC(C)C)C(N)=O. The van der Waals surface area contributed by atoms with Crippen LogP contribution in [-0.4, -0.2) is 28.5 Å². The first-order chi connectivity index (χ1) is 7.67. The number of thioether (sulfide) groups is 1. The first kappa shape index (κ1) is 16.8. The summed E-state index contributed by atoms with van der Waals surface area (Å²) in [5, 5.41) is 3.72. The maximum atomic E-state index is 11.6. The zero-order chi connectivity index (χ0) is 13.6. The van der Waals surface area contributed by atoms with Crippen LogP contribution in [0.4, 0.5) is 0 Å². The predicted molar refractivity (Wildman–Crippen MR) is 77.2 cm³/mol. The van der Waals surface area contributed by atoms with E-state index in [1.54, 1.807) is 0 Å². The number of amides is 1. The summed E-state index contributed by atoms with van der Waals surface area (Å²) in [5.74, 6) is 1.54. The molecule has 0 aromatic rings. The van der Waals surface area contributed by atoms with E-state index in [1.807, 2.05) is 32.5 Å². The quantitative estimate of drug-likeness (QED) is 0.704. The Morgan fingerprint density at radius 2 is 1.82 bits per heavy atom. The molecule has 2 unspecified atom stereocenters. The van der Waals surface area contributed by atoms with Gasteiger partial charge in [0.2, 0.25) is 5.91 Å². The molecule has 0 aromatic heterocycles. The Morgan fingerprint density at radius 1 is 1.29 bits per heavy atom. The van der Waals surface area contributed by atoms with Crippen LogP contribution in [0, 0.1) is 5.92 Å². The molecule has 0 saturated heterocycles. The standard InChI is InChI=1S/C13H28N2OS/c1-9(2)8-17-11(5)7-13(6,12(14)16)15-10(3)4/h9-11,15H,7-8H2,1-6H3,(H2,14,16). The van der Waals surface area contributed by atoms with Gasteiger partial charge in [0.1, 0.15) is 0 Å². The summed E-state index contributed by atoms with van der Waals surface area (Å²) in [4.78, 5) is 11.6. The molecule has 3 nitrogen and oxygen atoms in total. The van der Waals surface area contributed by atoms with Crippen LogP contribution in [0.2, 0.25) is 0 Å². The lowest BCUT2D eigenvalue weighted by atomic mass is 9.94. The molecule has 0 aliphatic heterocycles. The molecular formula is C13H28N2OS. The smallest absolute Gasteiger partial charge is 0.237 e. The van der Waals surface area contributed by atoms with Crippen LogP contribution >= 0.6 is 11.8 Å². The molecule has 1 amide bonds. The molecule has 0 aliphatic rings. The van der Waals surface area contributed by atoms with Crippen molar-refractivity contribution in [2.45, 2.75) is 64.8 Å². The van der Waals surface area contributed by atoms with E-state index in [4.69, 9.17) is 5.73 Å². The molecule has 3 N–H and O–H groups in total. The van der Waals surface area contributed by atoms with Gasteiger partial charge in [0, 0.05) is 11.3 Å². The van der Waals surface area contributed by atoms with Gasteiger partial charge in [-0.3, -0.25) is 4.79 Å². The fourth-order valence-corrected chi connectivity index (χ4v) is 3.02. The minimum Gasteiger partial charge on any atom is -0.368 e. The first-order valence-corrected chi connectivity index (χ1v) is 7.41. The van der Waals surface area contributed by atoms with Crippen LogP contribution < -0.4 is 11.1 Å². The summed E-state index contributed by atoms with van der Waals surface area (Å²) in [6, 6.07) is 0.259. The molecule has 0 bridgehead atoms. The summed E-state index contributed by atoms with van der Waals surface area (Å²) in [6.07, 6.45) is 0.776. The lowest BCUT2D eigenvalue weighted by Gasteiger charge is -2.32. The van der Waals surface area contributed by atoms with Crippen molar-refractivity contribution in [1.29, 1.82) is 0 Å². The molecule has 0 rings (SSSR count). The van der Waals surface area contributed by atoms with Crippen molar-refractivity contribution in [1.82, 2.24) is 5.32 Å². The fourth-order valence-electron chi connectivity index (χ4n) is 1.86. The number of carbonyl (C=O) groups excluding carboxylic acids is 1. The zero-order valence-corrected chi connectivity index (χ0v) is 12.9. The lowest BCUT2D eigenvalue weighted by molar-refractivity contribution is -0.124. The monoisotopic (exact) mass is 260 g/mol. The number of primary amides is 1. The summed E-state index contributed by atoms with van der Waals surface area (Å²) in [6.45, 7) is 12.6. The highest BCUT2D eigenvalue weighted by molar-refractivity contribution is 7.99. The molecule has 0 radical (unpaired) electrons. The lowest BCUT2D eigenvalue weighted by Crippen LogP contribution is -2.56. The van der Waals surface area contributed by atoms with Crippen LogP contribution in [-0.2, 0) is 4.79 Å². The third-order valence-electron chi connectivity index (χ3n) is 2.56. The van der Waals surface area contributed by atoms with E-state index < -0.39 is 5.54 Å². The number of rotatable bonds is 8. The van der Waals surface area contributed by atoms with Crippen LogP contribution in [0.3, 0.4) is 0 Å². The van der Waals surface area contributed by atoms with Gasteiger partial charge in [0.25, 0.3) is 0 Å². The highest BCUT2D eigenvalue weighted by Crippen LogP contribution is 2.24. The van der Waals surface area contributed by atoms with Gasteiger partial charge in [-0.2, -0.15) is 11.8 Å². The number of nitrogens with one attached hydrogen (secondary N) is 1. The third kappa shape index (κ3) is 6.94. The van der Waals surface area contributed by atoms with Gasteiger partial charge >= 0.3 is 0 Å². The van der Waals surface area contributed by atoms with E-state index in [9.17, 15) is 4.79 Å². The minimum absolute atomic E-state index is 0.259. The molecule has 0 fully saturated rings. The zero-order valence-electron chi connectivity index (χ0n) is 12.0. The van der Waals surface area contributed by atoms with Gasteiger partial charge in [0.05, 0.1) is 5.54 Å². The van der Waals surface area contributed by atoms with Crippen molar-refractivity contribution in [3.63, 3.8) is 0 Å². The van der Waals surface area contributed by atoms with Crippen LogP contribution in [0.5, 0.6) is 0 Å². The molecule has 102 valence electrons. The van der Waals surface area contributed by atoms with E-state index in [2.05, 4.69) is 26.1 Å². The molecule has 0 saturated carbocycles. The van der Waals surface area contributed by atoms with Gasteiger partial charge in [0.15, 0.2) is 0 Å². The number of hydrogen-bond acceptors (Lipinski definition) is 3. The maximum absolute atomic E-state index is 11.6. The Bertz CT molecular complexity index is 244. The fraction of sp³-hybridized carbons (Fsp3) is 0.923. The van der Waals surface area contributed by atoms with Crippen molar-refractivity contribution in [2.75, 3.05) is 5.75 Å². The van der Waals surface area contributed by atoms with E-state index in [-0.39, 0.29) is 11.9 Å². The molecule has 0 aromatic carbocycles. The number of carbonyl (C=O) groups is 1. The topological polar surface area (TPSA) is 55.1 Å². The normalized spacial score (nSPS) is 17.2. The van der Waals surface area contributed by atoms with Crippen molar-refractivity contribution in [3.8, 4) is 0 Å². The van der Waals surface area contributed by atoms with Gasteiger partial charge in [-0.15, -0.1) is 0 Å². The average molecular weight is 260 g/mol. The molecule has 2 atom stereocenters. The Morgan fingerprint density at radius 3 is 2.18 bits per heavy atom. The van der Waals surface area contributed by atoms with E-state index in [1.165, 1.54) is 0 Å². The molecular weight excluding hydrogens is 232 g/mol.